The van der Waals surface area contributed by atoms with Crippen molar-refractivity contribution in [3.63, 3.8) is 0 Å². The van der Waals surface area contributed by atoms with E-state index in [0.717, 1.165) is 5.92 Å². The molecule has 4 rings (SSSR count). The second-order valence-corrected chi connectivity index (χ2v) is 6.75. The van der Waals surface area contributed by atoms with Gasteiger partial charge in [0.15, 0.2) is 0 Å². The zero-order valence-electron chi connectivity index (χ0n) is 15.6. The van der Waals surface area contributed by atoms with Crippen LogP contribution in [0.3, 0.4) is 0 Å². The first-order chi connectivity index (χ1) is 10.4. The SMILES string of the molecule is CC.CC.CC(=O)C12CC(C(N)=O)(C1)C2.CC1CCCCC1. The molecule has 4 saturated carbocycles. The Bertz CT molecular complexity index is 313. The smallest absolute Gasteiger partial charge is 0.223 e. The molecule has 0 aromatic rings. The minimum Gasteiger partial charge on any atom is -0.369 e. The zero-order valence-corrected chi connectivity index (χ0v) is 15.6. The van der Waals surface area contributed by atoms with Crippen molar-refractivity contribution in [1.29, 1.82) is 0 Å². The van der Waals surface area contributed by atoms with Gasteiger partial charge in [0.05, 0.1) is 5.41 Å². The lowest BCUT2D eigenvalue weighted by Gasteiger charge is -2.67. The highest BCUT2D eigenvalue weighted by atomic mass is 16.2. The maximum Gasteiger partial charge on any atom is 0.223 e. The lowest BCUT2D eigenvalue weighted by Crippen LogP contribution is -2.69. The van der Waals surface area contributed by atoms with Crippen molar-refractivity contribution in [2.45, 2.75) is 92.9 Å². The van der Waals surface area contributed by atoms with E-state index in [1.807, 2.05) is 27.7 Å². The van der Waals surface area contributed by atoms with Gasteiger partial charge in [-0.3, -0.25) is 9.59 Å². The van der Waals surface area contributed by atoms with Gasteiger partial charge in [0.25, 0.3) is 0 Å². The average molecular weight is 312 g/mol. The number of hydrogen-bond donors (Lipinski definition) is 1. The summed E-state index contributed by atoms with van der Waals surface area (Å²) in [6, 6.07) is 0. The molecule has 0 heterocycles. The number of amides is 1. The first-order valence-electron chi connectivity index (χ1n) is 9.21. The Morgan fingerprint density at radius 3 is 1.50 bits per heavy atom. The minimum absolute atomic E-state index is 0.130. The van der Waals surface area contributed by atoms with E-state index in [1.54, 1.807) is 6.92 Å². The number of carbonyl (C=O) groups excluding carboxylic acids is 2. The predicted octanol–water partition coefficient (Wildman–Crippen LogP) is 4.87. The molecule has 3 heteroatoms. The van der Waals surface area contributed by atoms with Gasteiger partial charge in [-0.25, -0.2) is 0 Å². The molecule has 1 amide bonds. The Hall–Kier alpha value is -0.860. The van der Waals surface area contributed by atoms with Crippen LogP contribution < -0.4 is 5.73 Å². The molecule has 22 heavy (non-hydrogen) atoms. The van der Waals surface area contributed by atoms with E-state index < -0.39 is 0 Å². The Balaban J connectivity index is 0.000000348. The van der Waals surface area contributed by atoms with Crippen LogP contribution in [0.1, 0.15) is 92.9 Å². The fourth-order valence-corrected chi connectivity index (χ4v) is 3.73. The molecule has 0 unspecified atom stereocenters. The number of hydrogen-bond acceptors (Lipinski definition) is 2. The number of rotatable bonds is 2. The molecule has 0 atom stereocenters. The van der Waals surface area contributed by atoms with Crippen molar-refractivity contribution in [2.24, 2.45) is 22.5 Å². The summed E-state index contributed by atoms with van der Waals surface area (Å²) in [5.41, 5.74) is 4.78. The van der Waals surface area contributed by atoms with Crippen molar-refractivity contribution in [1.82, 2.24) is 0 Å². The second-order valence-electron chi connectivity index (χ2n) is 6.75. The molecule has 0 aromatic carbocycles. The summed E-state index contributed by atoms with van der Waals surface area (Å²) in [6.07, 6.45) is 9.58. The number of nitrogens with two attached hydrogens (primary N) is 1. The molecule has 4 aliphatic rings. The summed E-state index contributed by atoms with van der Waals surface area (Å²) in [7, 11) is 0. The predicted molar refractivity (Wildman–Crippen MR) is 93.5 cm³/mol. The van der Waals surface area contributed by atoms with Crippen LogP contribution in [0.2, 0.25) is 0 Å². The highest BCUT2D eigenvalue weighted by Gasteiger charge is 2.72. The summed E-state index contributed by atoms with van der Waals surface area (Å²) in [5.74, 6) is 1.04. The summed E-state index contributed by atoms with van der Waals surface area (Å²) in [6.45, 7) is 12.0. The molecule has 130 valence electrons. The van der Waals surface area contributed by atoms with Gasteiger partial charge in [0.2, 0.25) is 5.91 Å². The standard InChI is InChI=1S/C8H11NO2.C7H14.2C2H6/c1-5(10)7-2-8(3-7,4-7)6(9)11;1-7-5-3-2-4-6-7;2*1-2/h2-4H2,1H3,(H2,9,11);7H,2-6H2,1H3;2*1-2H3. The monoisotopic (exact) mass is 311 g/mol. The third-order valence-electron chi connectivity index (χ3n) is 5.19. The quantitative estimate of drug-likeness (QED) is 0.790. The fourth-order valence-electron chi connectivity index (χ4n) is 3.73. The van der Waals surface area contributed by atoms with E-state index in [0.29, 0.717) is 19.3 Å². The maximum atomic E-state index is 11.0. The van der Waals surface area contributed by atoms with E-state index in [1.165, 1.54) is 32.1 Å². The van der Waals surface area contributed by atoms with E-state index in [-0.39, 0.29) is 22.5 Å². The zero-order chi connectivity index (χ0) is 17.4. The van der Waals surface area contributed by atoms with Crippen LogP contribution in [0, 0.1) is 16.7 Å². The van der Waals surface area contributed by atoms with Gasteiger partial charge in [-0.05, 0) is 32.1 Å². The summed E-state index contributed by atoms with van der Waals surface area (Å²) in [5, 5.41) is 0. The van der Waals surface area contributed by atoms with E-state index in [9.17, 15) is 9.59 Å². The maximum absolute atomic E-state index is 11.0. The van der Waals surface area contributed by atoms with Gasteiger partial charge in [-0.15, -0.1) is 0 Å². The molecule has 0 aromatic heterocycles. The first kappa shape index (κ1) is 21.1. The Morgan fingerprint density at radius 2 is 1.27 bits per heavy atom. The Morgan fingerprint density at radius 1 is 0.864 bits per heavy atom. The molecule has 0 radical (unpaired) electrons. The van der Waals surface area contributed by atoms with Gasteiger partial charge >= 0.3 is 0 Å². The largest absolute Gasteiger partial charge is 0.369 e. The Labute approximate surface area is 137 Å². The third-order valence-corrected chi connectivity index (χ3v) is 5.19. The number of carbonyl (C=O) groups is 2. The van der Waals surface area contributed by atoms with Crippen LogP contribution in [0.4, 0.5) is 0 Å². The van der Waals surface area contributed by atoms with Crippen LogP contribution in [-0.2, 0) is 9.59 Å². The number of ketones is 1. The van der Waals surface area contributed by atoms with Gasteiger partial charge in [0.1, 0.15) is 5.78 Å². The van der Waals surface area contributed by atoms with Crippen molar-refractivity contribution in [3.05, 3.63) is 0 Å². The van der Waals surface area contributed by atoms with Crippen LogP contribution in [0.5, 0.6) is 0 Å². The summed E-state index contributed by atoms with van der Waals surface area (Å²) in [4.78, 5) is 21.8. The summed E-state index contributed by atoms with van der Waals surface area (Å²) < 4.78 is 0. The van der Waals surface area contributed by atoms with Gasteiger partial charge in [0, 0.05) is 5.41 Å². The van der Waals surface area contributed by atoms with Crippen LogP contribution in [-0.4, -0.2) is 11.7 Å². The van der Waals surface area contributed by atoms with Crippen molar-refractivity contribution in [2.75, 3.05) is 0 Å². The highest BCUT2D eigenvalue weighted by Crippen LogP contribution is 2.73. The average Bonchev–Trinajstić information content (AvgIpc) is 2.41. The van der Waals surface area contributed by atoms with Crippen LogP contribution in [0.15, 0.2) is 0 Å². The van der Waals surface area contributed by atoms with Crippen LogP contribution in [0.25, 0.3) is 0 Å². The molecule has 2 N–H and O–H groups in total. The number of primary amides is 1. The lowest BCUT2D eigenvalue weighted by molar-refractivity contribution is -0.203. The van der Waals surface area contributed by atoms with Crippen molar-refractivity contribution < 1.29 is 9.59 Å². The Kier molecular flexibility index (Phi) is 8.95. The molecule has 0 saturated heterocycles. The minimum atomic E-state index is -0.272. The van der Waals surface area contributed by atoms with Gasteiger partial charge in [-0.2, -0.15) is 0 Å². The molecule has 3 nitrogen and oxygen atoms in total. The lowest BCUT2D eigenvalue weighted by atomic mass is 9.34. The van der Waals surface area contributed by atoms with E-state index >= 15 is 0 Å². The normalized spacial score (nSPS) is 31.4. The van der Waals surface area contributed by atoms with E-state index in [2.05, 4.69) is 6.92 Å². The van der Waals surface area contributed by atoms with Crippen molar-refractivity contribution >= 4 is 11.7 Å². The summed E-state index contributed by atoms with van der Waals surface area (Å²) >= 11 is 0. The van der Waals surface area contributed by atoms with Gasteiger partial charge < -0.3 is 5.73 Å². The molecule has 4 fully saturated rings. The van der Waals surface area contributed by atoms with E-state index in [4.69, 9.17) is 5.73 Å². The highest BCUT2D eigenvalue weighted by molar-refractivity contribution is 5.95. The molecule has 0 spiro atoms. The van der Waals surface area contributed by atoms with Gasteiger partial charge in [-0.1, -0.05) is 66.7 Å². The number of Topliss-reactive ketones (excluding diaryl/α,β-unsaturated/α-hetero) is 1. The van der Waals surface area contributed by atoms with Crippen molar-refractivity contribution in [3.8, 4) is 0 Å². The fraction of sp³-hybridized carbons (Fsp3) is 0.895. The molecule has 2 bridgehead atoms. The topological polar surface area (TPSA) is 60.2 Å². The molecular formula is C19H37NO2. The first-order valence-corrected chi connectivity index (χ1v) is 9.21. The van der Waals surface area contributed by atoms with Crippen LogP contribution >= 0.6 is 0 Å². The third kappa shape index (κ3) is 4.57. The second kappa shape index (κ2) is 9.32. The molecular weight excluding hydrogens is 274 g/mol. The molecule has 4 aliphatic carbocycles. The molecule has 0 aliphatic heterocycles.